The van der Waals surface area contributed by atoms with Gasteiger partial charge >= 0.3 is 5.97 Å². The molecule has 4 aliphatic carbocycles. The van der Waals surface area contributed by atoms with Crippen molar-refractivity contribution in [2.45, 2.75) is 37.8 Å². The van der Waals surface area contributed by atoms with Crippen LogP contribution in [0.25, 0.3) is 0 Å². The van der Waals surface area contributed by atoms with Gasteiger partial charge in [-0.1, -0.05) is 0 Å². The Balaban J connectivity index is 1.73. The second-order valence-corrected chi connectivity index (χ2v) is 6.46. The molecule has 4 bridgehead atoms. The maximum Gasteiger partial charge on any atom is 0.341 e. The van der Waals surface area contributed by atoms with E-state index in [-0.39, 0.29) is 5.92 Å². The Morgan fingerprint density at radius 2 is 1.81 bits per heavy atom. The number of hydrogen-bond acceptors (Lipinski definition) is 1. The molecule has 0 aromatic heterocycles. The quantitative estimate of drug-likeness (QED) is 0.695. The van der Waals surface area contributed by atoms with Crippen LogP contribution in [0.3, 0.4) is 0 Å². The van der Waals surface area contributed by atoms with Gasteiger partial charge in [0.05, 0.1) is 0 Å². The molecule has 0 radical (unpaired) electrons. The highest BCUT2D eigenvalue weighted by molar-refractivity contribution is 5.78. The number of halogens is 1. The smallest absolute Gasteiger partial charge is 0.341 e. The molecular weight excluding hydrogens is 207 g/mol. The van der Waals surface area contributed by atoms with Gasteiger partial charge in [-0.2, -0.15) is 0 Å². The van der Waals surface area contributed by atoms with Gasteiger partial charge in [-0.15, -0.1) is 0 Å². The monoisotopic (exact) mass is 224 g/mol. The Morgan fingerprint density at radius 1 is 1.12 bits per heavy atom. The van der Waals surface area contributed by atoms with Gasteiger partial charge in [0, 0.05) is 5.92 Å². The molecule has 16 heavy (non-hydrogen) atoms. The fourth-order valence-electron chi connectivity index (χ4n) is 5.81. The normalized spacial score (nSPS) is 61.6. The maximum absolute atomic E-state index is 14.5. The van der Waals surface area contributed by atoms with Crippen LogP contribution in [0.2, 0.25) is 0 Å². The molecule has 1 N–H and O–H groups in total. The predicted octanol–water partition coefficient (Wildman–Crippen LogP) is 2.48. The standard InChI is InChI=1S/C13H17FO2/c14-13(12(15)16)5-8-4-9(13)11-7-2-1-6(3-7)10(8)11/h6-11H,1-5H2,(H,15,16). The van der Waals surface area contributed by atoms with Crippen LogP contribution in [0.15, 0.2) is 0 Å². The van der Waals surface area contributed by atoms with Crippen molar-refractivity contribution in [3.63, 3.8) is 0 Å². The summed E-state index contributed by atoms with van der Waals surface area (Å²) in [5.41, 5.74) is -1.88. The molecule has 4 fully saturated rings. The summed E-state index contributed by atoms with van der Waals surface area (Å²) in [6.07, 6.45) is 4.96. The number of carboxylic acid groups (broad SMARTS) is 1. The molecule has 2 nitrogen and oxygen atoms in total. The van der Waals surface area contributed by atoms with Crippen LogP contribution in [-0.2, 0) is 4.79 Å². The van der Waals surface area contributed by atoms with E-state index in [1.807, 2.05) is 0 Å². The first-order valence-electron chi connectivity index (χ1n) is 6.53. The van der Waals surface area contributed by atoms with E-state index < -0.39 is 11.6 Å². The van der Waals surface area contributed by atoms with E-state index in [0.29, 0.717) is 30.1 Å². The van der Waals surface area contributed by atoms with Crippen molar-refractivity contribution in [3.8, 4) is 0 Å². The molecule has 0 spiro atoms. The summed E-state index contributed by atoms with van der Waals surface area (Å²) in [7, 11) is 0. The third kappa shape index (κ3) is 0.844. The van der Waals surface area contributed by atoms with E-state index in [1.54, 1.807) is 0 Å². The SMILES string of the molecule is O=C(O)C1(F)CC2CC1C1C3CCC(C3)C21. The Labute approximate surface area is 94.2 Å². The maximum atomic E-state index is 14.5. The van der Waals surface area contributed by atoms with Crippen molar-refractivity contribution >= 4 is 5.97 Å². The third-order valence-electron chi connectivity index (χ3n) is 6.12. The van der Waals surface area contributed by atoms with Crippen molar-refractivity contribution in [1.29, 1.82) is 0 Å². The lowest BCUT2D eigenvalue weighted by atomic mass is 9.66. The van der Waals surface area contributed by atoms with Crippen LogP contribution in [-0.4, -0.2) is 16.7 Å². The van der Waals surface area contributed by atoms with Gasteiger partial charge in [0.25, 0.3) is 0 Å². The molecule has 7 unspecified atom stereocenters. The van der Waals surface area contributed by atoms with Crippen molar-refractivity contribution in [2.75, 3.05) is 0 Å². The van der Waals surface area contributed by atoms with Crippen LogP contribution in [0.1, 0.15) is 32.1 Å². The molecule has 0 aromatic carbocycles. The third-order valence-corrected chi connectivity index (χ3v) is 6.12. The van der Waals surface area contributed by atoms with Gasteiger partial charge in [-0.3, -0.25) is 0 Å². The van der Waals surface area contributed by atoms with Crippen molar-refractivity contribution < 1.29 is 14.3 Å². The van der Waals surface area contributed by atoms with Crippen molar-refractivity contribution in [1.82, 2.24) is 0 Å². The fourth-order valence-corrected chi connectivity index (χ4v) is 5.81. The summed E-state index contributed by atoms with van der Waals surface area (Å²) in [6.45, 7) is 0. The van der Waals surface area contributed by atoms with Gasteiger partial charge in [-0.25, -0.2) is 9.18 Å². The number of aliphatic carboxylic acids is 1. The summed E-state index contributed by atoms with van der Waals surface area (Å²) in [6, 6.07) is 0. The van der Waals surface area contributed by atoms with Gasteiger partial charge < -0.3 is 5.11 Å². The summed E-state index contributed by atoms with van der Waals surface area (Å²) in [5.74, 6) is 1.59. The van der Waals surface area contributed by atoms with Crippen LogP contribution in [0.4, 0.5) is 4.39 Å². The molecule has 3 heteroatoms. The second-order valence-electron chi connectivity index (χ2n) is 6.46. The van der Waals surface area contributed by atoms with Gasteiger partial charge in [0.2, 0.25) is 5.67 Å². The molecule has 0 heterocycles. The molecule has 88 valence electrons. The number of alkyl halides is 1. The van der Waals surface area contributed by atoms with Gasteiger partial charge in [-0.05, 0) is 61.7 Å². The Hall–Kier alpha value is -0.600. The lowest BCUT2D eigenvalue weighted by Gasteiger charge is -2.40. The first kappa shape index (κ1) is 9.43. The van der Waals surface area contributed by atoms with Gasteiger partial charge in [0.1, 0.15) is 0 Å². The van der Waals surface area contributed by atoms with Crippen LogP contribution >= 0.6 is 0 Å². The average Bonchev–Trinajstić information content (AvgIpc) is 2.92. The molecule has 0 aliphatic heterocycles. The minimum absolute atomic E-state index is 0.157. The highest BCUT2D eigenvalue weighted by atomic mass is 19.1. The number of carboxylic acids is 1. The zero-order valence-corrected chi connectivity index (χ0v) is 9.23. The van der Waals surface area contributed by atoms with E-state index in [4.69, 9.17) is 5.11 Å². The summed E-state index contributed by atoms with van der Waals surface area (Å²) >= 11 is 0. The lowest BCUT2D eigenvalue weighted by Crippen LogP contribution is -2.47. The first-order chi connectivity index (χ1) is 7.61. The Kier molecular flexibility index (Phi) is 1.55. The fraction of sp³-hybridized carbons (Fsp3) is 0.923. The minimum atomic E-state index is -1.88. The topological polar surface area (TPSA) is 37.3 Å². The van der Waals surface area contributed by atoms with Crippen LogP contribution < -0.4 is 0 Å². The van der Waals surface area contributed by atoms with E-state index in [1.165, 1.54) is 19.3 Å². The molecule has 4 saturated carbocycles. The molecule has 0 amide bonds. The van der Waals surface area contributed by atoms with E-state index in [0.717, 1.165) is 12.3 Å². The van der Waals surface area contributed by atoms with Crippen molar-refractivity contribution in [3.05, 3.63) is 0 Å². The van der Waals surface area contributed by atoms with E-state index in [9.17, 15) is 9.18 Å². The molecule has 0 saturated heterocycles. The predicted molar refractivity (Wildman–Crippen MR) is 55.5 cm³/mol. The minimum Gasteiger partial charge on any atom is -0.479 e. The Bertz CT molecular complexity index is 369. The molecule has 4 aliphatic rings. The lowest BCUT2D eigenvalue weighted by molar-refractivity contribution is -0.158. The van der Waals surface area contributed by atoms with Crippen molar-refractivity contribution in [2.24, 2.45) is 35.5 Å². The van der Waals surface area contributed by atoms with Crippen LogP contribution in [0, 0.1) is 35.5 Å². The van der Waals surface area contributed by atoms with Crippen LogP contribution in [0.5, 0.6) is 0 Å². The summed E-state index contributed by atoms with van der Waals surface area (Å²) < 4.78 is 14.5. The average molecular weight is 224 g/mol. The number of fused-ring (bicyclic) bond motifs is 9. The molecular formula is C13H17FO2. The highest BCUT2D eigenvalue weighted by Gasteiger charge is 2.69. The number of carbonyl (C=O) groups is 1. The zero-order valence-electron chi connectivity index (χ0n) is 9.23. The van der Waals surface area contributed by atoms with E-state index in [2.05, 4.69) is 0 Å². The second kappa shape index (κ2) is 2.62. The van der Waals surface area contributed by atoms with Gasteiger partial charge in [0.15, 0.2) is 0 Å². The van der Waals surface area contributed by atoms with E-state index >= 15 is 0 Å². The molecule has 0 aromatic rings. The summed E-state index contributed by atoms with van der Waals surface area (Å²) in [5, 5.41) is 9.11. The molecule has 4 rings (SSSR count). The molecule has 7 atom stereocenters. The summed E-state index contributed by atoms with van der Waals surface area (Å²) in [4.78, 5) is 11.1. The number of hydrogen-bond donors (Lipinski definition) is 1. The highest BCUT2D eigenvalue weighted by Crippen LogP contribution is 2.70. The largest absolute Gasteiger partial charge is 0.479 e. The number of rotatable bonds is 1. The Morgan fingerprint density at radius 3 is 2.50 bits per heavy atom. The zero-order chi connectivity index (χ0) is 11.1. The first-order valence-corrected chi connectivity index (χ1v) is 6.53.